The van der Waals surface area contributed by atoms with E-state index in [-0.39, 0.29) is 0 Å². The molecule has 1 aliphatic rings. The Kier molecular flexibility index (Phi) is 1.86. The van der Waals surface area contributed by atoms with E-state index in [2.05, 4.69) is 4.72 Å². The Labute approximate surface area is 57.9 Å². The number of halogens is 1. The third-order valence-electron chi connectivity index (χ3n) is 0.881. The van der Waals surface area contributed by atoms with E-state index < -0.39 is 0 Å². The molecule has 0 fully saturated rings. The van der Waals surface area contributed by atoms with E-state index in [1.807, 2.05) is 18.4 Å². The highest BCUT2D eigenvalue weighted by molar-refractivity contribution is 8.00. The van der Waals surface area contributed by atoms with Crippen LogP contribution in [0.1, 0.15) is 6.92 Å². The molecule has 44 valence electrons. The summed E-state index contributed by atoms with van der Waals surface area (Å²) in [4.78, 5) is 0. The highest BCUT2D eigenvalue weighted by Crippen LogP contribution is 2.17. The largest absolute Gasteiger partial charge is 0.316 e. The molecular formula is C5H6ClNS. The second-order valence-electron chi connectivity index (χ2n) is 1.52. The van der Waals surface area contributed by atoms with Crippen molar-refractivity contribution in [3.63, 3.8) is 0 Å². The van der Waals surface area contributed by atoms with Crippen LogP contribution in [0.15, 0.2) is 22.2 Å². The Morgan fingerprint density at radius 1 is 1.75 bits per heavy atom. The van der Waals surface area contributed by atoms with Gasteiger partial charge in [0.1, 0.15) is 5.16 Å². The molecule has 0 aromatic rings. The minimum atomic E-state index is 0.734. The smallest absolute Gasteiger partial charge is 0.115 e. The van der Waals surface area contributed by atoms with Gasteiger partial charge in [0, 0.05) is 0 Å². The molecule has 0 spiro atoms. The molecule has 0 atom stereocenters. The van der Waals surface area contributed by atoms with Gasteiger partial charge < -0.3 is 4.72 Å². The Hall–Kier alpha value is -0.0800. The predicted molar refractivity (Wildman–Crippen MR) is 38.4 cm³/mol. The third kappa shape index (κ3) is 1.20. The molecular weight excluding hydrogens is 142 g/mol. The number of allylic oxidation sites excluding steroid dienone is 2. The lowest BCUT2D eigenvalue weighted by Crippen LogP contribution is -2.00. The number of hydrogen-bond donors (Lipinski definition) is 1. The van der Waals surface area contributed by atoms with Crippen molar-refractivity contribution in [3.8, 4) is 0 Å². The van der Waals surface area contributed by atoms with Crippen molar-refractivity contribution in [2.75, 3.05) is 0 Å². The highest BCUT2D eigenvalue weighted by atomic mass is 35.5. The van der Waals surface area contributed by atoms with Gasteiger partial charge in [-0.15, -0.1) is 0 Å². The second kappa shape index (κ2) is 2.46. The molecule has 0 bridgehead atoms. The van der Waals surface area contributed by atoms with E-state index in [0.29, 0.717) is 0 Å². The Balaban J connectivity index is 2.76. The van der Waals surface area contributed by atoms with Gasteiger partial charge in [-0.3, -0.25) is 0 Å². The Morgan fingerprint density at radius 2 is 2.50 bits per heavy atom. The van der Waals surface area contributed by atoms with E-state index >= 15 is 0 Å². The van der Waals surface area contributed by atoms with Gasteiger partial charge in [0.2, 0.25) is 0 Å². The van der Waals surface area contributed by atoms with Crippen LogP contribution in [0.25, 0.3) is 0 Å². The molecule has 0 unspecified atom stereocenters. The average Bonchev–Trinajstić information content (AvgIpc) is 1.77. The normalized spacial score (nSPS) is 18.8. The molecule has 1 nitrogen and oxygen atoms in total. The fourth-order valence-corrected chi connectivity index (χ4v) is 1.18. The maximum Gasteiger partial charge on any atom is 0.115 e. The van der Waals surface area contributed by atoms with Gasteiger partial charge in [0.15, 0.2) is 0 Å². The van der Waals surface area contributed by atoms with E-state index in [1.54, 1.807) is 0 Å². The van der Waals surface area contributed by atoms with Gasteiger partial charge in [-0.2, -0.15) is 0 Å². The fraction of sp³-hybridized carbons (Fsp3) is 0.200. The molecule has 0 aromatic heterocycles. The lowest BCUT2D eigenvalue weighted by molar-refractivity contribution is 1.29. The summed E-state index contributed by atoms with van der Waals surface area (Å²) in [5, 5.41) is 2.69. The summed E-state index contributed by atoms with van der Waals surface area (Å²) >= 11 is 7.15. The molecule has 0 radical (unpaired) electrons. The van der Waals surface area contributed by atoms with Crippen LogP contribution in [0.2, 0.25) is 0 Å². The standard InChI is InChI=1S/C5H6ClNS/c1-4-2-3-8-7-5(4)6/h2-3,7H,1H3. The SMILES string of the molecule is CC1=C(Cl)NSC=C1. The van der Waals surface area contributed by atoms with Crippen molar-refractivity contribution in [1.29, 1.82) is 0 Å². The van der Waals surface area contributed by atoms with Gasteiger partial charge in [-0.1, -0.05) is 11.6 Å². The quantitative estimate of drug-likeness (QED) is 0.417. The number of nitrogens with one attached hydrogen (secondary N) is 1. The zero-order chi connectivity index (χ0) is 5.98. The summed E-state index contributed by atoms with van der Waals surface area (Å²) < 4.78 is 2.91. The van der Waals surface area contributed by atoms with Crippen LogP contribution in [0.3, 0.4) is 0 Å². The first kappa shape index (κ1) is 6.05. The molecule has 1 heterocycles. The molecule has 0 saturated carbocycles. The second-order valence-corrected chi connectivity index (χ2v) is 2.61. The number of rotatable bonds is 0. The summed E-state index contributed by atoms with van der Waals surface area (Å²) in [5.41, 5.74) is 1.09. The van der Waals surface area contributed by atoms with Gasteiger partial charge in [0.25, 0.3) is 0 Å². The minimum absolute atomic E-state index is 0.734. The van der Waals surface area contributed by atoms with Crippen LogP contribution >= 0.6 is 23.5 Å². The number of hydrogen-bond acceptors (Lipinski definition) is 2. The third-order valence-corrected chi connectivity index (χ3v) is 1.98. The van der Waals surface area contributed by atoms with Crippen LogP contribution in [-0.4, -0.2) is 0 Å². The summed E-state index contributed by atoms with van der Waals surface area (Å²) in [6, 6.07) is 0. The first-order valence-corrected chi connectivity index (χ1v) is 3.51. The van der Waals surface area contributed by atoms with E-state index in [9.17, 15) is 0 Å². The topological polar surface area (TPSA) is 12.0 Å². The van der Waals surface area contributed by atoms with Crippen molar-refractivity contribution in [1.82, 2.24) is 4.72 Å². The summed E-state index contributed by atoms with van der Waals surface area (Å²) in [6.07, 6.45) is 1.98. The summed E-state index contributed by atoms with van der Waals surface area (Å²) in [7, 11) is 0. The molecule has 8 heavy (non-hydrogen) atoms. The lowest BCUT2D eigenvalue weighted by Gasteiger charge is -2.06. The van der Waals surface area contributed by atoms with Crippen molar-refractivity contribution in [2.24, 2.45) is 0 Å². The maximum absolute atomic E-state index is 5.66. The zero-order valence-electron chi connectivity index (χ0n) is 4.44. The summed E-state index contributed by atoms with van der Waals surface area (Å²) in [5.74, 6) is 0. The lowest BCUT2D eigenvalue weighted by atomic mass is 10.3. The summed E-state index contributed by atoms with van der Waals surface area (Å²) in [6.45, 7) is 1.96. The molecule has 1 rings (SSSR count). The van der Waals surface area contributed by atoms with Gasteiger partial charge >= 0.3 is 0 Å². The predicted octanol–water partition coefficient (Wildman–Crippen LogP) is 2.22. The van der Waals surface area contributed by atoms with E-state index in [0.717, 1.165) is 10.7 Å². The molecule has 0 aromatic carbocycles. The van der Waals surface area contributed by atoms with Crippen molar-refractivity contribution in [3.05, 3.63) is 22.2 Å². The maximum atomic E-state index is 5.66. The monoisotopic (exact) mass is 147 g/mol. The first-order chi connectivity index (χ1) is 3.80. The zero-order valence-corrected chi connectivity index (χ0v) is 6.01. The van der Waals surface area contributed by atoms with Gasteiger partial charge in [0.05, 0.1) is 0 Å². The van der Waals surface area contributed by atoms with Crippen molar-refractivity contribution < 1.29 is 0 Å². The molecule has 0 amide bonds. The van der Waals surface area contributed by atoms with Crippen molar-refractivity contribution >= 4 is 23.5 Å². The van der Waals surface area contributed by atoms with E-state index in [1.165, 1.54) is 11.9 Å². The van der Waals surface area contributed by atoms with Crippen LogP contribution in [0, 0.1) is 0 Å². The minimum Gasteiger partial charge on any atom is -0.316 e. The molecule has 0 saturated heterocycles. The highest BCUT2D eigenvalue weighted by Gasteiger charge is 1.97. The molecule has 3 heteroatoms. The van der Waals surface area contributed by atoms with Gasteiger partial charge in [-0.05, 0) is 35.9 Å². The molecule has 1 N–H and O–H groups in total. The van der Waals surface area contributed by atoms with Crippen LogP contribution in [0.4, 0.5) is 0 Å². The Morgan fingerprint density at radius 3 is 2.88 bits per heavy atom. The van der Waals surface area contributed by atoms with Crippen LogP contribution in [-0.2, 0) is 0 Å². The van der Waals surface area contributed by atoms with Crippen LogP contribution in [0.5, 0.6) is 0 Å². The average molecular weight is 148 g/mol. The van der Waals surface area contributed by atoms with Crippen LogP contribution < -0.4 is 4.72 Å². The fourth-order valence-electron chi connectivity index (χ4n) is 0.375. The van der Waals surface area contributed by atoms with Gasteiger partial charge in [-0.25, -0.2) is 0 Å². The molecule has 0 aliphatic carbocycles. The Bertz CT molecular complexity index is 151. The van der Waals surface area contributed by atoms with E-state index in [4.69, 9.17) is 11.6 Å². The van der Waals surface area contributed by atoms with Crippen molar-refractivity contribution in [2.45, 2.75) is 6.92 Å². The molecule has 1 aliphatic heterocycles. The first-order valence-electron chi connectivity index (χ1n) is 2.25.